The van der Waals surface area contributed by atoms with Crippen LogP contribution in [0, 0.1) is 6.92 Å². The number of carbonyl (C=O) groups excluding carboxylic acids is 1. The maximum atomic E-state index is 12.3. The van der Waals surface area contributed by atoms with Crippen molar-refractivity contribution in [2.24, 2.45) is 0 Å². The lowest BCUT2D eigenvalue weighted by atomic mass is 10.2. The molecular weight excluding hydrogens is 408 g/mol. The summed E-state index contributed by atoms with van der Waals surface area (Å²) in [6.45, 7) is 3.99. The van der Waals surface area contributed by atoms with Gasteiger partial charge in [0.25, 0.3) is 11.8 Å². The number of carbonyl (C=O) groups is 1. The van der Waals surface area contributed by atoms with Gasteiger partial charge in [-0.15, -0.1) is 0 Å². The van der Waals surface area contributed by atoms with Crippen molar-refractivity contribution in [2.45, 2.75) is 13.8 Å². The van der Waals surface area contributed by atoms with Gasteiger partial charge in [-0.3, -0.25) is 4.79 Å². The molecule has 0 aliphatic heterocycles. The first kappa shape index (κ1) is 21.0. The molecule has 4 aromatic rings. The third-order valence-corrected chi connectivity index (χ3v) is 4.57. The van der Waals surface area contributed by atoms with Crippen molar-refractivity contribution < 1.29 is 18.8 Å². The summed E-state index contributed by atoms with van der Waals surface area (Å²) in [5.41, 5.74) is 2.42. The molecule has 0 bridgehead atoms. The Bertz CT molecular complexity index is 1210. The van der Waals surface area contributed by atoms with Crippen LogP contribution in [-0.2, 0) is 4.79 Å². The molecular formula is C24H22N4O4. The van der Waals surface area contributed by atoms with Crippen LogP contribution in [0.2, 0.25) is 0 Å². The summed E-state index contributed by atoms with van der Waals surface area (Å²) in [4.78, 5) is 20.9. The van der Waals surface area contributed by atoms with Crippen LogP contribution in [0.4, 0.5) is 5.82 Å². The maximum absolute atomic E-state index is 12.3. The van der Waals surface area contributed by atoms with E-state index in [1.165, 1.54) is 0 Å². The molecule has 0 spiro atoms. The average Bonchev–Trinajstić information content (AvgIpc) is 3.31. The van der Waals surface area contributed by atoms with Gasteiger partial charge in [-0.2, -0.15) is 4.98 Å². The summed E-state index contributed by atoms with van der Waals surface area (Å²) >= 11 is 0. The van der Waals surface area contributed by atoms with Gasteiger partial charge in [-0.1, -0.05) is 29.4 Å². The minimum atomic E-state index is -0.316. The van der Waals surface area contributed by atoms with E-state index in [0.29, 0.717) is 41.2 Å². The number of rotatable bonds is 8. The van der Waals surface area contributed by atoms with E-state index in [4.69, 9.17) is 14.0 Å². The molecule has 0 radical (unpaired) electrons. The lowest BCUT2D eigenvalue weighted by Crippen LogP contribution is -2.21. The van der Waals surface area contributed by atoms with Crippen LogP contribution in [0.15, 0.2) is 71.4 Å². The van der Waals surface area contributed by atoms with E-state index >= 15 is 0 Å². The van der Waals surface area contributed by atoms with Crippen molar-refractivity contribution in [3.63, 3.8) is 0 Å². The van der Waals surface area contributed by atoms with Crippen LogP contribution in [0.25, 0.3) is 22.8 Å². The van der Waals surface area contributed by atoms with Crippen molar-refractivity contribution in [3.8, 4) is 34.3 Å². The second-order valence-electron chi connectivity index (χ2n) is 6.89. The van der Waals surface area contributed by atoms with Gasteiger partial charge >= 0.3 is 0 Å². The lowest BCUT2D eigenvalue weighted by Gasteiger charge is -2.13. The Balaban J connectivity index is 1.48. The zero-order valence-electron chi connectivity index (χ0n) is 17.7. The van der Waals surface area contributed by atoms with Gasteiger partial charge in [0.05, 0.1) is 6.61 Å². The predicted octanol–water partition coefficient (Wildman–Crippen LogP) is 4.52. The number of aryl methyl sites for hydroxylation is 1. The molecule has 0 saturated heterocycles. The second-order valence-corrected chi connectivity index (χ2v) is 6.89. The Labute approximate surface area is 185 Å². The van der Waals surface area contributed by atoms with E-state index in [1.807, 2.05) is 56.3 Å². The van der Waals surface area contributed by atoms with Crippen LogP contribution in [0.3, 0.4) is 0 Å². The lowest BCUT2D eigenvalue weighted by molar-refractivity contribution is -0.118. The standard InChI is InChI=1S/C24H22N4O4/c1-3-30-20-14-18(23-27-24(32-28-23)17-9-5-4-6-10-17)11-12-19(20)31-15-21(29)26-22-16(2)8-7-13-25-22/h4-14H,3,15H2,1-2H3,(H,25,26,29). The van der Waals surface area contributed by atoms with Crippen molar-refractivity contribution in [3.05, 3.63) is 72.4 Å². The fraction of sp³-hybridized carbons (Fsp3) is 0.167. The monoisotopic (exact) mass is 430 g/mol. The van der Waals surface area contributed by atoms with Crippen LogP contribution in [0.5, 0.6) is 11.5 Å². The van der Waals surface area contributed by atoms with Crippen LogP contribution < -0.4 is 14.8 Å². The fourth-order valence-electron chi connectivity index (χ4n) is 3.00. The topological polar surface area (TPSA) is 99.4 Å². The number of aromatic nitrogens is 3. The number of ether oxygens (including phenoxy) is 2. The molecule has 1 amide bonds. The van der Waals surface area contributed by atoms with Gasteiger partial charge in [-0.25, -0.2) is 4.98 Å². The Morgan fingerprint density at radius 3 is 2.62 bits per heavy atom. The highest BCUT2D eigenvalue weighted by Gasteiger charge is 2.15. The van der Waals surface area contributed by atoms with Gasteiger partial charge in [0.2, 0.25) is 5.82 Å². The Morgan fingerprint density at radius 1 is 1.00 bits per heavy atom. The maximum Gasteiger partial charge on any atom is 0.263 e. The van der Waals surface area contributed by atoms with Gasteiger partial charge in [0.15, 0.2) is 18.1 Å². The summed E-state index contributed by atoms with van der Waals surface area (Å²) in [7, 11) is 0. The van der Waals surface area contributed by atoms with Crippen LogP contribution >= 0.6 is 0 Å². The van der Waals surface area contributed by atoms with Gasteiger partial charge < -0.3 is 19.3 Å². The molecule has 4 rings (SSSR count). The molecule has 0 saturated carbocycles. The zero-order chi connectivity index (χ0) is 22.3. The largest absolute Gasteiger partial charge is 0.490 e. The number of hydrogen-bond donors (Lipinski definition) is 1. The van der Waals surface area contributed by atoms with Gasteiger partial charge in [0.1, 0.15) is 5.82 Å². The highest BCUT2D eigenvalue weighted by Crippen LogP contribution is 2.32. The molecule has 0 fully saturated rings. The molecule has 0 aliphatic rings. The molecule has 2 aromatic heterocycles. The molecule has 32 heavy (non-hydrogen) atoms. The smallest absolute Gasteiger partial charge is 0.263 e. The minimum Gasteiger partial charge on any atom is -0.490 e. The van der Waals surface area contributed by atoms with Crippen molar-refractivity contribution in [2.75, 3.05) is 18.5 Å². The van der Waals surface area contributed by atoms with Crippen LogP contribution in [-0.4, -0.2) is 34.2 Å². The predicted molar refractivity (Wildman–Crippen MR) is 119 cm³/mol. The third kappa shape index (κ3) is 4.92. The average molecular weight is 430 g/mol. The SMILES string of the molecule is CCOc1cc(-c2noc(-c3ccccc3)n2)ccc1OCC(=O)Nc1ncccc1C. The van der Waals surface area contributed by atoms with Crippen molar-refractivity contribution in [1.82, 2.24) is 15.1 Å². The third-order valence-electron chi connectivity index (χ3n) is 4.57. The Kier molecular flexibility index (Phi) is 6.41. The molecule has 0 aliphatic carbocycles. The highest BCUT2D eigenvalue weighted by atomic mass is 16.5. The second kappa shape index (κ2) is 9.74. The summed E-state index contributed by atoms with van der Waals surface area (Å²) < 4.78 is 16.8. The van der Waals surface area contributed by atoms with E-state index < -0.39 is 0 Å². The number of nitrogens with one attached hydrogen (secondary N) is 1. The van der Waals surface area contributed by atoms with Gasteiger partial charge in [0, 0.05) is 17.3 Å². The fourth-order valence-corrected chi connectivity index (χ4v) is 3.00. The molecule has 0 atom stereocenters. The highest BCUT2D eigenvalue weighted by molar-refractivity contribution is 5.91. The molecule has 2 heterocycles. The quantitative estimate of drug-likeness (QED) is 0.439. The van der Waals surface area contributed by atoms with E-state index in [2.05, 4.69) is 20.4 Å². The summed E-state index contributed by atoms with van der Waals surface area (Å²) in [5, 5.41) is 6.81. The van der Waals surface area contributed by atoms with Crippen LogP contribution in [0.1, 0.15) is 12.5 Å². The summed E-state index contributed by atoms with van der Waals surface area (Å²) in [6, 6.07) is 18.5. The summed E-state index contributed by atoms with van der Waals surface area (Å²) in [6.07, 6.45) is 1.62. The summed E-state index contributed by atoms with van der Waals surface area (Å²) in [5.74, 6) is 1.98. The van der Waals surface area contributed by atoms with Crippen molar-refractivity contribution >= 4 is 11.7 Å². The molecule has 0 unspecified atom stereocenters. The van der Waals surface area contributed by atoms with E-state index in [-0.39, 0.29) is 12.5 Å². The van der Waals surface area contributed by atoms with E-state index in [9.17, 15) is 4.79 Å². The Hall–Kier alpha value is -4.20. The number of benzene rings is 2. The molecule has 8 nitrogen and oxygen atoms in total. The van der Waals surface area contributed by atoms with E-state index in [1.54, 1.807) is 24.4 Å². The molecule has 1 N–H and O–H groups in total. The number of hydrogen-bond acceptors (Lipinski definition) is 7. The first-order valence-electron chi connectivity index (χ1n) is 10.1. The minimum absolute atomic E-state index is 0.185. The first-order chi connectivity index (χ1) is 15.6. The number of pyridine rings is 1. The molecule has 162 valence electrons. The number of amides is 1. The normalized spacial score (nSPS) is 10.6. The Morgan fingerprint density at radius 2 is 1.84 bits per heavy atom. The number of nitrogens with zero attached hydrogens (tertiary/aromatic N) is 3. The van der Waals surface area contributed by atoms with Crippen molar-refractivity contribution in [1.29, 1.82) is 0 Å². The van der Waals surface area contributed by atoms with E-state index in [0.717, 1.165) is 11.1 Å². The first-order valence-corrected chi connectivity index (χ1v) is 10.1. The number of anilines is 1. The molecule has 8 heteroatoms. The molecule has 2 aromatic carbocycles. The van der Waals surface area contributed by atoms with Gasteiger partial charge in [-0.05, 0) is 55.8 Å². The zero-order valence-corrected chi connectivity index (χ0v) is 17.7.